The van der Waals surface area contributed by atoms with Gasteiger partial charge < -0.3 is 19.5 Å². The summed E-state index contributed by atoms with van der Waals surface area (Å²) in [6, 6.07) is 14.0. The van der Waals surface area contributed by atoms with Crippen LogP contribution in [0.5, 0.6) is 11.5 Å². The van der Waals surface area contributed by atoms with E-state index in [1.807, 2.05) is 43.3 Å². The Morgan fingerprint density at radius 3 is 2.55 bits per heavy atom. The van der Waals surface area contributed by atoms with Crippen molar-refractivity contribution >= 4 is 11.6 Å². The molecule has 174 valence electrons. The van der Waals surface area contributed by atoms with Crippen LogP contribution in [0.4, 0.5) is 5.69 Å². The number of aliphatic hydroxyl groups is 1. The number of benzene rings is 2. The number of hydrogen-bond donors (Lipinski definition) is 1. The van der Waals surface area contributed by atoms with E-state index in [0.29, 0.717) is 43.7 Å². The van der Waals surface area contributed by atoms with Crippen LogP contribution in [0.2, 0.25) is 0 Å². The Hall–Kier alpha value is -2.83. The molecular formula is C27H32N2O4. The highest BCUT2D eigenvalue weighted by molar-refractivity contribution is 6.07. The highest BCUT2D eigenvalue weighted by atomic mass is 16.5. The maximum atomic E-state index is 13.0. The Bertz CT molecular complexity index is 1050. The minimum Gasteiger partial charge on any atom is -0.492 e. The van der Waals surface area contributed by atoms with Gasteiger partial charge in [-0.3, -0.25) is 9.69 Å². The maximum absolute atomic E-state index is 13.0. The molecule has 2 aromatic carbocycles. The van der Waals surface area contributed by atoms with Gasteiger partial charge in [-0.2, -0.15) is 0 Å². The summed E-state index contributed by atoms with van der Waals surface area (Å²) >= 11 is 0. The van der Waals surface area contributed by atoms with Crippen LogP contribution in [-0.4, -0.2) is 54.3 Å². The number of likely N-dealkylation sites (tertiary alicyclic amines) is 1. The van der Waals surface area contributed by atoms with Crippen molar-refractivity contribution in [3.63, 3.8) is 0 Å². The minimum absolute atomic E-state index is 0.123. The first-order valence-corrected chi connectivity index (χ1v) is 11.9. The molecule has 5 rings (SSSR count). The monoisotopic (exact) mass is 448 g/mol. The van der Waals surface area contributed by atoms with Gasteiger partial charge in [-0.25, -0.2) is 0 Å². The van der Waals surface area contributed by atoms with Crippen LogP contribution in [0, 0.1) is 0 Å². The lowest BCUT2D eigenvalue weighted by atomic mass is 9.97. The lowest BCUT2D eigenvalue weighted by Crippen LogP contribution is -2.60. The minimum atomic E-state index is -0.560. The first-order valence-electron chi connectivity index (χ1n) is 11.9. The fraction of sp³-hybridized carbons (Fsp3) is 0.444. The summed E-state index contributed by atoms with van der Waals surface area (Å²) in [6.45, 7) is 7.18. The molecule has 1 saturated heterocycles. The van der Waals surface area contributed by atoms with Crippen LogP contribution in [0.25, 0.3) is 0 Å². The average molecular weight is 449 g/mol. The Kier molecular flexibility index (Phi) is 5.89. The lowest BCUT2D eigenvalue weighted by molar-refractivity contribution is -0.116. The molecule has 0 radical (unpaired) electrons. The zero-order chi connectivity index (χ0) is 23.0. The molecule has 6 nitrogen and oxygen atoms in total. The summed E-state index contributed by atoms with van der Waals surface area (Å²) in [7, 11) is 0. The predicted molar refractivity (Wildman–Crippen MR) is 128 cm³/mol. The van der Waals surface area contributed by atoms with Gasteiger partial charge in [0.15, 0.2) is 5.76 Å². The summed E-state index contributed by atoms with van der Waals surface area (Å²) in [6.07, 6.45) is 5.19. The molecule has 1 saturated carbocycles. The maximum Gasteiger partial charge on any atom is 0.294 e. The average Bonchev–Trinajstić information content (AvgIpc) is 3.57. The smallest absolute Gasteiger partial charge is 0.294 e. The van der Waals surface area contributed by atoms with Crippen molar-refractivity contribution in [2.75, 3.05) is 37.7 Å². The summed E-state index contributed by atoms with van der Waals surface area (Å²) in [5, 5.41) is 9.84. The Labute approximate surface area is 195 Å². The molecule has 2 heterocycles. The second kappa shape index (κ2) is 8.84. The Morgan fingerprint density at radius 2 is 1.88 bits per heavy atom. The van der Waals surface area contributed by atoms with Gasteiger partial charge in [0.2, 0.25) is 0 Å². The molecule has 0 bridgehead atoms. The summed E-state index contributed by atoms with van der Waals surface area (Å²) in [5.41, 5.74) is 2.71. The molecule has 2 fully saturated rings. The van der Waals surface area contributed by atoms with E-state index in [2.05, 4.69) is 24.0 Å². The lowest BCUT2D eigenvalue weighted by Gasteiger charge is -2.44. The molecule has 0 atom stereocenters. The number of anilines is 1. The fourth-order valence-electron chi connectivity index (χ4n) is 4.65. The number of carbonyl (C=O) groups excluding carboxylic acids is 1. The predicted octanol–water partition coefficient (Wildman–Crippen LogP) is 3.88. The summed E-state index contributed by atoms with van der Waals surface area (Å²) in [4.78, 5) is 16.9. The molecule has 1 N–H and O–H groups in total. The number of β-amino-alcohol motifs (C(OH)–C–C–N with tert-alkyl or cyclic N) is 1. The van der Waals surface area contributed by atoms with Crippen LogP contribution in [0.15, 0.2) is 54.3 Å². The van der Waals surface area contributed by atoms with Gasteiger partial charge in [0.25, 0.3) is 5.91 Å². The van der Waals surface area contributed by atoms with Crippen LogP contribution >= 0.6 is 0 Å². The molecule has 3 aliphatic rings. The van der Waals surface area contributed by atoms with E-state index in [-0.39, 0.29) is 5.91 Å². The molecule has 1 aliphatic carbocycles. The van der Waals surface area contributed by atoms with E-state index >= 15 is 0 Å². The topological polar surface area (TPSA) is 62.2 Å². The van der Waals surface area contributed by atoms with E-state index < -0.39 is 5.60 Å². The molecule has 0 spiro atoms. The third kappa shape index (κ3) is 4.92. The van der Waals surface area contributed by atoms with Crippen molar-refractivity contribution in [3.8, 4) is 11.5 Å². The van der Waals surface area contributed by atoms with Gasteiger partial charge in [0, 0.05) is 31.9 Å². The molecule has 33 heavy (non-hydrogen) atoms. The SMILES string of the molecule is CCc1cc(N2CC=C(Oc3ccc(C4CC4)cc3)C2=O)ccc1OCCN1CC(C)(O)C1. The van der Waals surface area contributed by atoms with Crippen LogP contribution in [0.1, 0.15) is 43.7 Å². The van der Waals surface area contributed by atoms with Crippen LogP contribution < -0.4 is 14.4 Å². The molecule has 1 amide bonds. The third-order valence-electron chi connectivity index (χ3n) is 6.60. The van der Waals surface area contributed by atoms with Gasteiger partial charge in [0.05, 0.1) is 5.60 Å². The number of nitrogens with zero attached hydrogens (tertiary/aromatic N) is 2. The second-order valence-electron chi connectivity index (χ2n) is 9.63. The standard InChI is InChI=1S/C27H32N2O4/c1-3-19-16-22(8-11-24(19)32-15-14-28-17-27(2,31)18-28)29-13-12-25(26(29)30)33-23-9-6-21(7-10-23)20-4-5-20/h6-12,16,20,31H,3-5,13-15,17-18H2,1-2H3. The summed E-state index contributed by atoms with van der Waals surface area (Å²) in [5.74, 6) is 2.50. The number of ether oxygens (including phenoxy) is 2. The highest BCUT2D eigenvalue weighted by Crippen LogP contribution is 2.40. The van der Waals surface area contributed by atoms with E-state index in [9.17, 15) is 9.90 Å². The van der Waals surface area contributed by atoms with Crippen LogP contribution in [0.3, 0.4) is 0 Å². The van der Waals surface area contributed by atoms with E-state index in [4.69, 9.17) is 9.47 Å². The van der Waals surface area contributed by atoms with Crippen molar-refractivity contribution in [1.82, 2.24) is 4.90 Å². The molecule has 0 aromatic heterocycles. The van der Waals surface area contributed by atoms with Crippen molar-refractivity contribution in [2.24, 2.45) is 0 Å². The Morgan fingerprint density at radius 1 is 1.12 bits per heavy atom. The van der Waals surface area contributed by atoms with Gasteiger partial charge in [-0.1, -0.05) is 19.1 Å². The molecule has 2 aliphatic heterocycles. The molecule has 6 heteroatoms. The van der Waals surface area contributed by atoms with Gasteiger partial charge in [-0.05, 0) is 79.6 Å². The zero-order valence-corrected chi connectivity index (χ0v) is 19.4. The number of carbonyl (C=O) groups is 1. The van der Waals surface area contributed by atoms with Crippen molar-refractivity contribution in [3.05, 3.63) is 65.4 Å². The zero-order valence-electron chi connectivity index (χ0n) is 19.4. The van der Waals surface area contributed by atoms with Crippen molar-refractivity contribution < 1.29 is 19.4 Å². The number of hydrogen-bond acceptors (Lipinski definition) is 5. The third-order valence-corrected chi connectivity index (χ3v) is 6.60. The van der Waals surface area contributed by atoms with E-state index in [1.165, 1.54) is 18.4 Å². The molecular weight excluding hydrogens is 416 g/mol. The van der Waals surface area contributed by atoms with E-state index in [0.717, 1.165) is 30.0 Å². The number of aryl methyl sites for hydroxylation is 1. The first kappa shape index (κ1) is 22.0. The van der Waals surface area contributed by atoms with Gasteiger partial charge in [0.1, 0.15) is 18.1 Å². The number of amides is 1. The van der Waals surface area contributed by atoms with Crippen molar-refractivity contribution in [1.29, 1.82) is 0 Å². The second-order valence-corrected chi connectivity index (χ2v) is 9.63. The first-order chi connectivity index (χ1) is 15.9. The van der Waals surface area contributed by atoms with Crippen molar-refractivity contribution in [2.45, 2.75) is 44.6 Å². The highest BCUT2D eigenvalue weighted by Gasteiger charge is 2.36. The summed E-state index contributed by atoms with van der Waals surface area (Å²) < 4.78 is 11.9. The Balaban J connectivity index is 1.18. The molecule has 2 aromatic rings. The van der Waals surface area contributed by atoms with Gasteiger partial charge in [-0.15, -0.1) is 0 Å². The fourth-order valence-corrected chi connectivity index (χ4v) is 4.65. The quantitative estimate of drug-likeness (QED) is 0.631. The normalized spacial score (nSPS) is 19.9. The molecule has 0 unspecified atom stereocenters. The van der Waals surface area contributed by atoms with Crippen LogP contribution in [-0.2, 0) is 11.2 Å². The van der Waals surface area contributed by atoms with Gasteiger partial charge >= 0.3 is 0 Å². The number of rotatable bonds is 9. The van der Waals surface area contributed by atoms with E-state index in [1.54, 1.807) is 4.90 Å². The largest absolute Gasteiger partial charge is 0.492 e.